The largest absolute Gasteiger partial charge is 0.492 e. The van der Waals surface area contributed by atoms with E-state index in [1.54, 1.807) is 6.92 Å². The van der Waals surface area contributed by atoms with Crippen molar-refractivity contribution in [3.8, 4) is 11.5 Å². The molecule has 4 nitrogen and oxygen atoms in total. The van der Waals surface area contributed by atoms with Crippen LogP contribution < -0.4 is 14.8 Å². The highest BCUT2D eigenvalue weighted by molar-refractivity contribution is 5.80. The van der Waals surface area contributed by atoms with Gasteiger partial charge in [0.05, 0.1) is 6.54 Å². The number of benzene rings is 2. The molecule has 140 valence electrons. The van der Waals surface area contributed by atoms with Crippen LogP contribution in [0.4, 0.5) is 0 Å². The van der Waals surface area contributed by atoms with Crippen molar-refractivity contribution < 1.29 is 14.3 Å². The summed E-state index contributed by atoms with van der Waals surface area (Å²) in [7, 11) is 0. The van der Waals surface area contributed by atoms with Gasteiger partial charge < -0.3 is 14.8 Å². The predicted molar refractivity (Wildman–Crippen MR) is 105 cm³/mol. The molecular weight excluding hydrogens is 326 g/mol. The zero-order chi connectivity index (χ0) is 18.8. The molecule has 1 amide bonds. The van der Waals surface area contributed by atoms with E-state index in [0.717, 1.165) is 36.3 Å². The average Bonchev–Trinajstić information content (AvgIpc) is 2.67. The van der Waals surface area contributed by atoms with Crippen LogP contribution in [0.3, 0.4) is 0 Å². The van der Waals surface area contributed by atoms with Crippen LogP contribution in [-0.4, -0.2) is 25.2 Å². The number of hydrogen-bond acceptors (Lipinski definition) is 3. The Hall–Kier alpha value is -2.49. The van der Waals surface area contributed by atoms with Crippen LogP contribution in [0.5, 0.6) is 11.5 Å². The molecule has 26 heavy (non-hydrogen) atoms. The number of nitrogens with one attached hydrogen (secondary N) is 1. The number of carbonyl (C=O) groups excluding carboxylic acids is 1. The molecular formula is C22H29NO3. The summed E-state index contributed by atoms with van der Waals surface area (Å²) < 4.78 is 11.5. The van der Waals surface area contributed by atoms with E-state index in [0.29, 0.717) is 13.2 Å². The molecule has 1 atom stereocenters. The van der Waals surface area contributed by atoms with Gasteiger partial charge in [0.1, 0.15) is 18.1 Å². The van der Waals surface area contributed by atoms with Crippen LogP contribution in [-0.2, 0) is 17.6 Å². The number of carbonyl (C=O) groups is 1. The Kier molecular flexibility index (Phi) is 8.00. The summed E-state index contributed by atoms with van der Waals surface area (Å²) in [6.45, 7) is 6.86. The van der Waals surface area contributed by atoms with Gasteiger partial charge in [-0.3, -0.25) is 4.79 Å². The minimum Gasteiger partial charge on any atom is -0.492 e. The average molecular weight is 355 g/mol. The molecule has 2 aromatic rings. The molecule has 0 saturated heterocycles. The standard InChI is InChI=1S/C22H29NO3/c1-4-8-18-11-13-20(14-12-18)25-16-15-23-22(24)17(3)26-21-10-7-6-9-19(21)5-2/h6-7,9-14,17H,4-5,8,15-16H2,1-3H3,(H,23,24)/t17-/m1/s1. The Morgan fingerprint density at radius 1 is 1.08 bits per heavy atom. The van der Waals surface area contributed by atoms with E-state index in [-0.39, 0.29) is 5.91 Å². The zero-order valence-electron chi connectivity index (χ0n) is 16.0. The van der Waals surface area contributed by atoms with Gasteiger partial charge in [0, 0.05) is 0 Å². The van der Waals surface area contributed by atoms with Gasteiger partial charge in [-0.2, -0.15) is 0 Å². The van der Waals surface area contributed by atoms with Gasteiger partial charge >= 0.3 is 0 Å². The van der Waals surface area contributed by atoms with Gasteiger partial charge in [0.25, 0.3) is 5.91 Å². The van der Waals surface area contributed by atoms with Crippen molar-refractivity contribution in [2.24, 2.45) is 0 Å². The second kappa shape index (κ2) is 10.5. The molecule has 0 fully saturated rings. The van der Waals surface area contributed by atoms with E-state index < -0.39 is 6.10 Å². The Balaban J connectivity index is 1.72. The van der Waals surface area contributed by atoms with Crippen molar-refractivity contribution in [1.29, 1.82) is 0 Å². The van der Waals surface area contributed by atoms with Gasteiger partial charge in [-0.1, -0.05) is 50.6 Å². The number of ether oxygens (including phenoxy) is 2. The van der Waals surface area contributed by atoms with Crippen LogP contribution in [0.1, 0.15) is 38.3 Å². The summed E-state index contributed by atoms with van der Waals surface area (Å²) in [5.41, 5.74) is 2.41. The summed E-state index contributed by atoms with van der Waals surface area (Å²) in [4.78, 5) is 12.2. The quantitative estimate of drug-likeness (QED) is 0.651. The first-order valence-electron chi connectivity index (χ1n) is 9.38. The summed E-state index contributed by atoms with van der Waals surface area (Å²) in [5, 5.41) is 2.85. The Morgan fingerprint density at radius 2 is 1.81 bits per heavy atom. The van der Waals surface area contributed by atoms with Gasteiger partial charge in [-0.25, -0.2) is 0 Å². The molecule has 0 saturated carbocycles. The molecule has 0 bridgehead atoms. The highest BCUT2D eigenvalue weighted by Gasteiger charge is 2.15. The van der Waals surface area contributed by atoms with Crippen LogP contribution in [0.15, 0.2) is 48.5 Å². The minimum atomic E-state index is -0.545. The van der Waals surface area contributed by atoms with Crippen LogP contribution in [0.25, 0.3) is 0 Å². The molecule has 0 radical (unpaired) electrons. The first kappa shape index (κ1) is 19.8. The smallest absolute Gasteiger partial charge is 0.260 e. The number of para-hydroxylation sites is 1. The van der Waals surface area contributed by atoms with E-state index in [1.165, 1.54) is 5.56 Å². The van der Waals surface area contributed by atoms with Crippen molar-refractivity contribution in [3.63, 3.8) is 0 Å². The molecule has 2 rings (SSSR count). The van der Waals surface area contributed by atoms with E-state index in [2.05, 4.69) is 31.3 Å². The maximum atomic E-state index is 12.2. The van der Waals surface area contributed by atoms with Crippen molar-refractivity contribution in [2.45, 2.75) is 46.1 Å². The number of hydrogen-bond donors (Lipinski definition) is 1. The van der Waals surface area contributed by atoms with Crippen LogP contribution >= 0.6 is 0 Å². The highest BCUT2D eigenvalue weighted by atomic mass is 16.5. The monoisotopic (exact) mass is 355 g/mol. The fourth-order valence-electron chi connectivity index (χ4n) is 2.68. The van der Waals surface area contributed by atoms with E-state index in [9.17, 15) is 4.79 Å². The third-order valence-electron chi connectivity index (χ3n) is 4.16. The second-order valence-electron chi connectivity index (χ2n) is 6.25. The van der Waals surface area contributed by atoms with Crippen LogP contribution in [0, 0.1) is 0 Å². The summed E-state index contributed by atoms with van der Waals surface area (Å²) in [6.07, 6.45) is 2.54. The number of aryl methyl sites for hydroxylation is 2. The number of rotatable bonds is 10. The third-order valence-corrected chi connectivity index (χ3v) is 4.16. The lowest BCUT2D eigenvalue weighted by Crippen LogP contribution is -2.38. The van der Waals surface area contributed by atoms with Crippen molar-refractivity contribution in [3.05, 3.63) is 59.7 Å². The zero-order valence-corrected chi connectivity index (χ0v) is 16.0. The molecule has 0 spiro atoms. The Morgan fingerprint density at radius 3 is 2.50 bits per heavy atom. The highest BCUT2D eigenvalue weighted by Crippen LogP contribution is 2.19. The minimum absolute atomic E-state index is 0.141. The summed E-state index contributed by atoms with van der Waals surface area (Å²) >= 11 is 0. The van der Waals surface area contributed by atoms with Crippen molar-refractivity contribution >= 4 is 5.91 Å². The molecule has 0 heterocycles. The molecule has 0 aliphatic heterocycles. The first-order valence-corrected chi connectivity index (χ1v) is 9.38. The van der Waals surface area contributed by atoms with Crippen molar-refractivity contribution in [1.82, 2.24) is 5.32 Å². The van der Waals surface area contributed by atoms with E-state index >= 15 is 0 Å². The molecule has 2 aromatic carbocycles. The van der Waals surface area contributed by atoms with Gasteiger partial charge in [-0.15, -0.1) is 0 Å². The molecule has 1 N–H and O–H groups in total. The lowest BCUT2D eigenvalue weighted by atomic mass is 10.1. The predicted octanol–water partition coefficient (Wildman–Crippen LogP) is 4.16. The lowest BCUT2D eigenvalue weighted by Gasteiger charge is -2.17. The molecule has 0 unspecified atom stereocenters. The van der Waals surface area contributed by atoms with Crippen LogP contribution in [0.2, 0.25) is 0 Å². The summed E-state index contributed by atoms with van der Waals surface area (Å²) in [6, 6.07) is 15.9. The maximum absolute atomic E-state index is 12.2. The molecule has 4 heteroatoms. The Bertz CT molecular complexity index is 682. The second-order valence-corrected chi connectivity index (χ2v) is 6.25. The van der Waals surface area contributed by atoms with Gasteiger partial charge in [-0.05, 0) is 49.1 Å². The Labute approximate surface area is 156 Å². The first-order chi connectivity index (χ1) is 12.6. The van der Waals surface area contributed by atoms with E-state index in [4.69, 9.17) is 9.47 Å². The molecule has 0 aliphatic rings. The fraction of sp³-hybridized carbons (Fsp3) is 0.409. The topological polar surface area (TPSA) is 47.6 Å². The lowest BCUT2D eigenvalue weighted by molar-refractivity contribution is -0.127. The number of amides is 1. The maximum Gasteiger partial charge on any atom is 0.260 e. The van der Waals surface area contributed by atoms with Crippen molar-refractivity contribution in [2.75, 3.05) is 13.2 Å². The normalized spacial score (nSPS) is 11.7. The molecule has 0 aromatic heterocycles. The van der Waals surface area contributed by atoms with E-state index in [1.807, 2.05) is 36.4 Å². The van der Waals surface area contributed by atoms with Gasteiger partial charge in [0.15, 0.2) is 6.10 Å². The fourth-order valence-corrected chi connectivity index (χ4v) is 2.68. The third kappa shape index (κ3) is 6.10. The SMILES string of the molecule is CCCc1ccc(OCCNC(=O)[C@@H](C)Oc2ccccc2CC)cc1. The molecule has 0 aliphatic carbocycles. The summed E-state index contributed by atoms with van der Waals surface area (Å²) in [5.74, 6) is 1.44. The van der Waals surface area contributed by atoms with Gasteiger partial charge in [0.2, 0.25) is 0 Å².